The Balaban J connectivity index is 1.23. The van der Waals surface area contributed by atoms with E-state index in [0.29, 0.717) is 42.0 Å². The number of carbonyl (C=O) groups excluding carboxylic acids is 2. The minimum atomic E-state index is -3.80. The Morgan fingerprint density at radius 2 is 1.60 bits per heavy atom. The van der Waals surface area contributed by atoms with Crippen molar-refractivity contribution < 1.29 is 18.0 Å². The van der Waals surface area contributed by atoms with Gasteiger partial charge in [-0.2, -0.15) is 0 Å². The van der Waals surface area contributed by atoms with Gasteiger partial charge in [0.2, 0.25) is 21.8 Å². The van der Waals surface area contributed by atoms with E-state index in [-0.39, 0.29) is 35.4 Å². The summed E-state index contributed by atoms with van der Waals surface area (Å²) < 4.78 is 29.2. The van der Waals surface area contributed by atoms with Crippen molar-refractivity contribution in [2.75, 3.05) is 11.9 Å². The van der Waals surface area contributed by atoms with Crippen LogP contribution in [-0.4, -0.2) is 42.8 Å². The Morgan fingerprint density at radius 1 is 0.860 bits per heavy atom. The third kappa shape index (κ3) is 8.39. The first kappa shape index (κ1) is 34.8. The SMILES string of the molecule is Cc1ccc(S(=O)(=O)NCc2ccccc2)cc1-c1cccc(CC(NC(=O)C2CCC(CN)CC2)C(=O)Nc2ccc3[nH]c(=O)[nH]c3c2)c1. The molecule has 0 spiro atoms. The number of fused-ring (bicyclic) bond motifs is 1. The van der Waals surface area contributed by atoms with Crippen molar-refractivity contribution in [1.82, 2.24) is 20.0 Å². The number of aromatic nitrogens is 2. The van der Waals surface area contributed by atoms with Crippen LogP contribution in [0.25, 0.3) is 22.2 Å². The summed E-state index contributed by atoms with van der Waals surface area (Å²) in [5.74, 6) is -0.361. The lowest BCUT2D eigenvalue weighted by atomic mass is 9.81. The summed E-state index contributed by atoms with van der Waals surface area (Å²) in [5.41, 5.74) is 11.2. The third-order valence-corrected chi connectivity index (χ3v) is 10.9. The summed E-state index contributed by atoms with van der Waals surface area (Å²) in [5, 5.41) is 5.93. The Morgan fingerprint density at radius 3 is 2.36 bits per heavy atom. The van der Waals surface area contributed by atoms with Crippen LogP contribution in [0.1, 0.15) is 42.4 Å². The summed E-state index contributed by atoms with van der Waals surface area (Å²) in [6.07, 6.45) is 3.38. The van der Waals surface area contributed by atoms with Crippen molar-refractivity contribution in [3.05, 3.63) is 118 Å². The van der Waals surface area contributed by atoms with Crippen molar-refractivity contribution >= 4 is 38.6 Å². The number of benzene rings is 4. The number of anilines is 1. The molecule has 2 amide bonds. The van der Waals surface area contributed by atoms with E-state index in [1.807, 2.05) is 61.5 Å². The smallest absolute Gasteiger partial charge is 0.323 e. The quantitative estimate of drug-likeness (QED) is 0.110. The van der Waals surface area contributed by atoms with E-state index < -0.39 is 22.0 Å². The normalized spacial score (nSPS) is 16.9. The van der Waals surface area contributed by atoms with Gasteiger partial charge in [0, 0.05) is 24.6 Å². The largest absolute Gasteiger partial charge is 0.344 e. The Labute approximate surface area is 291 Å². The number of sulfonamides is 1. The molecule has 1 saturated carbocycles. The molecule has 5 aromatic rings. The van der Waals surface area contributed by atoms with Gasteiger partial charge in [-0.05, 0) is 103 Å². The summed E-state index contributed by atoms with van der Waals surface area (Å²) in [6, 6.07) is 26.1. The molecule has 260 valence electrons. The second-order valence-corrected chi connectivity index (χ2v) is 14.8. The first-order valence-corrected chi connectivity index (χ1v) is 18.3. The lowest BCUT2D eigenvalue weighted by Gasteiger charge is -2.28. The highest BCUT2D eigenvalue weighted by atomic mass is 32.2. The molecule has 0 radical (unpaired) electrons. The molecular weight excluding hydrogens is 653 g/mol. The molecule has 0 saturated heterocycles. The molecule has 11 nitrogen and oxygen atoms in total. The first-order chi connectivity index (χ1) is 24.1. The lowest BCUT2D eigenvalue weighted by molar-refractivity contribution is -0.130. The van der Waals surface area contributed by atoms with E-state index in [9.17, 15) is 22.8 Å². The van der Waals surface area contributed by atoms with Crippen LogP contribution in [0.15, 0.2) is 101 Å². The molecule has 1 atom stereocenters. The van der Waals surface area contributed by atoms with Gasteiger partial charge in [0.05, 0.1) is 15.9 Å². The molecule has 12 heteroatoms. The van der Waals surface area contributed by atoms with Gasteiger partial charge >= 0.3 is 5.69 Å². The van der Waals surface area contributed by atoms with E-state index in [2.05, 4.69) is 25.3 Å². The highest BCUT2D eigenvalue weighted by Crippen LogP contribution is 2.30. The fourth-order valence-electron chi connectivity index (χ4n) is 6.54. The highest BCUT2D eigenvalue weighted by Gasteiger charge is 2.29. The van der Waals surface area contributed by atoms with Gasteiger partial charge in [-0.1, -0.05) is 60.7 Å². The van der Waals surface area contributed by atoms with E-state index >= 15 is 0 Å². The highest BCUT2D eigenvalue weighted by molar-refractivity contribution is 7.89. The molecule has 4 aromatic carbocycles. The zero-order valence-electron chi connectivity index (χ0n) is 27.9. The van der Waals surface area contributed by atoms with E-state index in [1.165, 1.54) is 0 Å². The van der Waals surface area contributed by atoms with Crippen molar-refractivity contribution in [3.63, 3.8) is 0 Å². The van der Waals surface area contributed by atoms with Crippen molar-refractivity contribution in [1.29, 1.82) is 0 Å². The van der Waals surface area contributed by atoms with Crippen LogP contribution in [-0.2, 0) is 32.6 Å². The van der Waals surface area contributed by atoms with Crippen molar-refractivity contribution in [3.8, 4) is 11.1 Å². The van der Waals surface area contributed by atoms with Gasteiger partial charge < -0.3 is 26.3 Å². The number of rotatable bonds is 12. The Bertz CT molecular complexity index is 2150. The van der Waals surface area contributed by atoms with Crippen LogP contribution >= 0.6 is 0 Å². The predicted molar refractivity (Wildman–Crippen MR) is 195 cm³/mol. The molecule has 0 bridgehead atoms. The maximum atomic E-state index is 13.8. The van der Waals surface area contributed by atoms with Crippen LogP contribution < -0.4 is 26.8 Å². The van der Waals surface area contributed by atoms with Gasteiger partial charge in [0.25, 0.3) is 0 Å². The molecule has 1 heterocycles. The number of hydrogen-bond donors (Lipinski definition) is 6. The standard InChI is InChI=1S/C38H42N6O5S/c1-24-10-16-31(50(48,49)40-23-26-6-3-2-4-7-26)21-32(24)29-9-5-8-27(18-29)19-35(42-36(45)28-13-11-25(22-39)12-14-28)37(46)41-30-15-17-33-34(20-30)44-38(47)43-33/h2-10,15-18,20-21,25,28,35,40H,11-14,19,22-23,39H2,1H3,(H,41,46)(H,42,45)(H2,43,44,47). The molecule has 0 aliphatic heterocycles. The zero-order valence-corrected chi connectivity index (χ0v) is 28.7. The number of aromatic amines is 2. The molecule has 7 N–H and O–H groups in total. The lowest BCUT2D eigenvalue weighted by Crippen LogP contribution is -2.48. The van der Waals surface area contributed by atoms with Gasteiger partial charge in [0.15, 0.2) is 0 Å². The molecule has 6 rings (SSSR count). The second-order valence-electron chi connectivity index (χ2n) is 13.0. The minimum Gasteiger partial charge on any atom is -0.344 e. The summed E-state index contributed by atoms with van der Waals surface area (Å²) >= 11 is 0. The number of hydrogen-bond acceptors (Lipinski definition) is 6. The third-order valence-electron chi connectivity index (χ3n) is 9.47. The second kappa shape index (κ2) is 15.2. The van der Waals surface area contributed by atoms with Gasteiger partial charge in [-0.15, -0.1) is 0 Å². The van der Waals surface area contributed by atoms with E-state index in [0.717, 1.165) is 40.7 Å². The molecule has 1 unspecified atom stereocenters. The average molecular weight is 695 g/mol. The van der Waals surface area contributed by atoms with E-state index in [1.54, 1.807) is 36.4 Å². The predicted octanol–water partition coefficient (Wildman–Crippen LogP) is 4.74. The van der Waals surface area contributed by atoms with Gasteiger partial charge in [-0.3, -0.25) is 9.59 Å². The fraction of sp³-hybridized carbons (Fsp3) is 0.289. The number of aryl methyl sites for hydroxylation is 1. The van der Waals surface area contributed by atoms with Gasteiger partial charge in [0.1, 0.15) is 6.04 Å². The van der Waals surface area contributed by atoms with Crippen LogP contribution in [0.2, 0.25) is 0 Å². The zero-order chi connectivity index (χ0) is 35.3. The van der Waals surface area contributed by atoms with E-state index in [4.69, 9.17) is 5.73 Å². The molecule has 1 aliphatic carbocycles. The Kier molecular flexibility index (Phi) is 10.6. The maximum Gasteiger partial charge on any atom is 0.323 e. The monoisotopic (exact) mass is 694 g/mol. The van der Waals surface area contributed by atoms with Crippen molar-refractivity contribution in [2.45, 2.75) is 56.5 Å². The van der Waals surface area contributed by atoms with Crippen LogP contribution in [0.3, 0.4) is 0 Å². The molecule has 1 aromatic heterocycles. The maximum absolute atomic E-state index is 13.8. The molecule has 50 heavy (non-hydrogen) atoms. The molecular formula is C38H42N6O5S. The van der Waals surface area contributed by atoms with Crippen LogP contribution in [0.5, 0.6) is 0 Å². The number of carbonyl (C=O) groups is 2. The number of amides is 2. The topological polar surface area (TPSA) is 179 Å². The minimum absolute atomic E-state index is 0.147. The number of nitrogens with one attached hydrogen (secondary N) is 5. The fourth-order valence-corrected chi connectivity index (χ4v) is 7.58. The number of imidazole rings is 1. The summed E-state index contributed by atoms with van der Waals surface area (Å²) in [6.45, 7) is 2.69. The summed E-state index contributed by atoms with van der Waals surface area (Å²) in [7, 11) is -3.80. The van der Waals surface area contributed by atoms with Crippen LogP contribution in [0, 0.1) is 18.8 Å². The van der Waals surface area contributed by atoms with Crippen LogP contribution in [0.4, 0.5) is 5.69 Å². The number of nitrogens with two attached hydrogens (primary N) is 1. The Hall–Kier alpha value is -5.04. The first-order valence-electron chi connectivity index (χ1n) is 16.8. The molecule has 1 fully saturated rings. The van der Waals surface area contributed by atoms with Crippen molar-refractivity contribution in [2.24, 2.45) is 17.6 Å². The van der Waals surface area contributed by atoms with Gasteiger partial charge in [-0.25, -0.2) is 17.9 Å². The average Bonchev–Trinajstić information content (AvgIpc) is 3.50. The molecule has 1 aliphatic rings. The summed E-state index contributed by atoms with van der Waals surface area (Å²) in [4.78, 5) is 44.6. The number of H-pyrrole nitrogens is 2.